The summed E-state index contributed by atoms with van der Waals surface area (Å²) in [5.74, 6) is 0. The molecule has 11 aromatic rings. The first-order valence-corrected chi connectivity index (χ1v) is 14.0. The maximum absolute atomic E-state index is 2.47. The van der Waals surface area contributed by atoms with Crippen LogP contribution in [0.2, 0.25) is 0 Å². The summed E-state index contributed by atoms with van der Waals surface area (Å²) in [5, 5.41) is 15.8. The van der Waals surface area contributed by atoms with Gasteiger partial charge in [0, 0.05) is 43.1 Å². The van der Waals surface area contributed by atoms with E-state index in [1.165, 1.54) is 97.7 Å². The average molecular weight is 505 g/mol. The van der Waals surface area contributed by atoms with Crippen LogP contribution in [0.5, 0.6) is 0 Å². The quantitative estimate of drug-likeness (QED) is 0.182. The van der Waals surface area contributed by atoms with Gasteiger partial charge in [-0.15, -0.1) is 0 Å². The molecule has 0 saturated carbocycles. The molecule has 182 valence electrons. The van der Waals surface area contributed by atoms with Gasteiger partial charge in [-0.25, -0.2) is 0 Å². The van der Waals surface area contributed by atoms with Gasteiger partial charge < -0.3 is 8.80 Å². The molecule has 0 N–H and O–H groups in total. The van der Waals surface area contributed by atoms with Crippen molar-refractivity contribution >= 4 is 97.7 Å². The Morgan fingerprint density at radius 2 is 0.675 bits per heavy atom. The van der Waals surface area contributed by atoms with E-state index in [0.29, 0.717) is 0 Å². The molecule has 2 heteroatoms. The van der Waals surface area contributed by atoms with E-state index in [2.05, 4.69) is 130 Å². The summed E-state index contributed by atoms with van der Waals surface area (Å²) in [6.07, 6.45) is 0. The van der Waals surface area contributed by atoms with Gasteiger partial charge in [0.05, 0.1) is 33.1 Å². The molecule has 0 aliphatic carbocycles. The van der Waals surface area contributed by atoms with Crippen LogP contribution in [0, 0.1) is 0 Å². The van der Waals surface area contributed by atoms with E-state index in [1.54, 1.807) is 0 Å². The van der Waals surface area contributed by atoms with E-state index in [4.69, 9.17) is 0 Å². The van der Waals surface area contributed by atoms with Gasteiger partial charge in [0.2, 0.25) is 0 Å². The van der Waals surface area contributed by atoms with Gasteiger partial charge in [0.25, 0.3) is 0 Å². The number of rotatable bonds is 0. The van der Waals surface area contributed by atoms with E-state index >= 15 is 0 Å². The lowest BCUT2D eigenvalue weighted by atomic mass is 9.97. The fourth-order valence-electron chi connectivity index (χ4n) is 7.90. The van der Waals surface area contributed by atoms with Crippen molar-refractivity contribution in [2.75, 3.05) is 0 Å². The average Bonchev–Trinajstić information content (AvgIpc) is 3.72. The van der Waals surface area contributed by atoms with Crippen molar-refractivity contribution in [3.8, 4) is 0 Å². The van der Waals surface area contributed by atoms with Gasteiger partial charge in [0.15, 0.2) is 0 Å². The lowest BCUT2D eigenvalue weighted by molar-refractivity contribution is 1.37. The highest BCUT2D eigenvalue weighted by Crippen LogP contribution is 2.44. The zero-order valence-electron chi connectivity index (χ0n) is 21.4. The summed E-state index contributed by atoms with van der Waals surface area (Å²) in [6, 6.07) is 45.4. The molecule has 0 bridgehead atoms. The highest BCUT2D eigenvalue weighted by atomic mass is 14.9. The van der Waals surface area contributed by atoms with Gasteiger partial charge in [0.1, 0.15) is 0 Å². The normalized spacial score (nSPS) is 13.0. The smallest absolute Gasteiger partial charge is 0.0620 e. The van der Waals surface area contributed by atoms with Crippen LogP contribution in [-0.2, 0) is 0 Å². The molecular weight excluding hydrogens is 484 g/mol. The first-order chi connectivity index (χ1) is 19.8. The molecular formula is C38H20N2. The molecule has 0 atom stereocenters. The minimum absolute atomic E-state index is 1.28. The Kier molecular flexibility index (Phi) is 3.17. The minimum atomic E-state index is 1.28. The summed E-state index contributed by atoms with van der Waals surface area (Å²) in [6.45, 7) is 0. The molecule has 7 aromatic carbocycles. The van der Waals surface area contributed by atoms with E-state index < -0.39 is 0 Å². The Balaban J connectivity index is 1.33. The van der Waals surface area contributed by atoms with E-state index in [0.717, 1.165) is 0 Å². The number of fused-ring (bicyclic) bond motifs is 15. The third-order valence-electron chi connectivity index (χ3n) is 9.52. The second-order valence-corrected chi connectivity index (χ2v) is 11.4. The van der Waals surface area contributed by atoms with Crippen molar-refractivity contribution in [2.45, 2.75) is 0 Å². The Morgan fingerprint density at radius 3 is 1.15 bits per heavy atom. The summed E-state index contributed by atoms with van der Waals surface area (Å²) >= 11 is 0. The van der Waals surface area contributed by atoms with Gasteiger partial charge in [-0.3, -0.25) is 0 Å². The van der Waals surface area contributed by atoms with Crippen molar-refractivity contribution in [2.24, 2.45) is 0 Å². The highest BCUT2D eigenvalue weighted by Gasteiger charge is 2.20. The molecule has 4 heterocycles. The van der Waals surface area contributed by atoms with E-state index in [-0.39, 0.29) is 0 Å². The number of hydrogen-bond donors (Lipinski definition) is 0. The lowest BCUT2D eigenvalue weighted by Crippen LogP contribution is -1.84. The molecule has 40 heavy (non-hydrogen) atoms. The second-order valence-electron chi connectivity index (χ2n) is 11.4. The number of nitrogens with zero attached hydrogens (tertiary/aromatic N) is 2. The Morgan fingerprint density at radius 1 is 0.275 bits per heavy atom. The van der Waals surface area contributed by atoms with Crippen LogP contribution in [0.25, 0.3) is 97.7 Å². The fraction of sp³-hybridized carbons (Fsp3) is 0. The molecule has 4 aromatic heterocycles. The third-order valence-corrected chi connectivity index (χ3v) is 9.52. The summed E-state index contributed by atoms with van der Waals surface area (Å²) in [5.41, 5.74) is 7.79. The van der Waals surface area contributed by atoms with Crippen molar-refractivity contribution in [1.29, 1.82) is 0 Å². The summed E-state index contributed by atoms with van der Waals surface area (Å²) < 4.78 is 4.95. The van der Waals surface area contributed by atoms with Crippen LogP contribution < -0.4 is 0 Å². The van der Waals surface area contributed by atoms with Gasteiger partial charge in [-0.05, 0) is 57.9 Å². The Bertz CT molecular complexity index is 2660. The zero-order valence-corrected chi connectivity index (χ0v) is 21.4. The maximum atomic E-state index is 2.47. The SMILES string of the molecule is c1ccc2c(c1)c1cccc3c4cc5c(ccc6cc7c(cc65)c5cccc6c8ccccc8n7c65)cc4n2c13. The summed E-state index contributed by atoms with van der Waals surface area (Å²) in [7, 11) is 0. The van der Waals surface area contributed by atoms with Gasteiger partial charge >= 0.3 is 0 Å². The van der Waals surface area contributed by atoms with E-state index in [9.17, 15) is 0 Å². The standard InChI is InChI=1S/C38H20N2/c1-3-13-33-23(7-1)25-9-5-11-27-31-19-29-21(17-35(31)39(33)37(25)27)15-16-22-18-36-32(20-30(22)29)28-12-6-10-26-24-8-2-4-14-34(24)40(36)38(26)28/h1-20H. The molecule has 11 rings (SSSR count). The molecule has 0 amide bonds. The fourth-order valence-corrected chi connectivity index (χ4v) is 7.90. The Hall–Kier alpha value is -5.34. The number of aromatic nitrogens is 2. The first kappa shape index (κ1) is 19.7. The van der Waals surface area contributed by atoms with Gasteiger partial charge in [-0.1, -0.05) is 84.9 Å². The zero-order chi connectivity index (χ0) is 25.7. The van der Waals surface area contributed by atoms with Crippen LogP contribution in [0.4, 0.5) is 0 Å². The van der Waals surface area contributed by atoms with Gasteiger partial charge in [-0.2, -0.15) is 0 Å². The summed E-state index contributed by atoms with van der Waals surface area (Å²) in [4.78, 5) is 0. The highest BCUT2D eigenvalue weighted by molar-refractivity contribution is 6.28. The molecule has 0 fully saturated rings. The van der Waals surface area contributed by atoms with Crippen LogP contribution >= 0.6 is 0 Å². The van der Waals surface area contributed by atoms with Crippen LogP contribution in [0.15, 0.2) is 121 Å². The number of benzene rings is 7. The van der Waals surface area contributed by atoms with Crippen LogP contribution in [0.3, 0.4) is 0 Å². The molecule has 0 spiro atoms. The van der Waals surface area contributed by atoms with Crippen molar-refractivity contribution < 1.29 is 0 Å². The molecule has 0 radical (unpaired) electrons. The predicted octanol–water partition coefficient (Wildman–Crippen LogP) is 10.3. The second kappa shape index (κ2) is 6.44. The van der Waals surface area contributed by atoms with Crippen molar-refractivity contribution in [3.63, 3.8) is 0 Å². The Labute approximate surface area is 227 Å². The molecule has 2 nitrogen and oxygen atoms in total. The number of hydrogen-bond acceptors (Lipinski definition) is 0. The number of para-hydroxylation sites is 4. The predicted molar refractivity (Wildman–Crippen MR) is 171 cm³/mol. The minimum Gasteiger partial charge on any atom is -0.308 e. The van der Waals surface area contributed by atoms with Crippen LogP contribution in [-0.4, -0.2) is 8.80 Å². The van der Waals surface area contributed by atoms with Crippen molar-refractivity contribution in [3.05, 3.63) is 121 Å². The lowest BCUT2D eigenvalue weighted by Gasteiger charge is -2.07. The molecule has 0 aliphatic heterocycles. The van der Waals surface area contributed by atoms with Crippen LogP contribution in [0.1, 0.15) is 0 Å². The van der Waals surface area contributed by atoms with E-state index in [1.807, 2.05) is 0 Å². The maximum Gasteiger partial charge on any atom is 0.0620 e. The monoisotopic (exact) mass is 504 g/mol. The largest absolute Gasteiger partial charge is 0.308 e. The molecule has 0 aliphatic rings. The molecule has 0 saturated heterocycles. The molecule has 0 unspecified atom stereocenters. The first-order valence-electron chi connectivity index (χ1n) is 14.0. The van der Waals surface area contributed by atoms with Crippen molar-refractivity contribution in [1.82, 2.24) is 8.80 Å². The topological polar surface area (TPSA) is 8.82 Å². The third kappa shape index (κ3) is 2.07.